The van der Waals surface area contributed by atoms with Gasteiger partial charge in [-0.05, 0) is 48.7 Å². The number of carbonyl (C=O) groups excluding carboxylic acids is 1. The third-order valence-corrected chi connectivity index (χ3v) is 4.78. The Kier molecular flexibility index (Phi) is 5.58. The molecule has 0 atom stereocenters. The topological polar surface area (TPSA) is 110 Å². The van der Waals surface area contributed by atoms with Gasteiger partial charge in [-0.3, -0.25) is 5.32 Å². The van der Waals surface area contributed by atoms with Crippen molar-refractivity contribution in [2.24, 2.45) is 0 Å². The van der Waals surface area contributed by atoms with E-state index in [1.54, 1.807) is 12.3 Å². The summed E-state index contributed by atoms with van der Waals surface area (Å²) in [5.74, 6) is -0.907. The molecule has 0 saturated heterocycles. The summed E-state index contributed by atoms with van der Waals surface area (Å²) in [4.78, 5) is 19.8. The first-order chi connectivity index (χ1) is 15.7. The number of rotatable bonds is 4. The quantitative estimate of drug-likeness (QED) is 0.389. The molecule has 0 unspecified atom stereocenters. The minimum atomic E-state index is -4.59. The molecule has 0 aliphatic rings. The summed E-state index contributed by atoms with van der Waals surface area (Å²) < 4.78 is 54.8. The lowest BCUT2D eigenvalue weighted by Crippen LogP contribution is -2.21. The number of nitrogen functional groups attached to an aromatic ring is 1. The number of hydrogen-bond acceptors (Lipinski definition) is 5. The highest BCUT2D eigenvalue weighted by Gasteiger charge is 2.30. The fourth-order valence-electron chi connectivity index (χ4n) is 3.31. The maximum atomic E-state index is 14.8. The van der Waals surface area contributed by atoms with Gasteiger partial charge in [0.05, 0.1) is 11.3 Å². The fraction of sp³-hybridized carbons (Fsp3) is 0.0952. The SMILES string of the molecule is [CH2]Cc1cn2ncnc(N)c2c1-c1ccc(NC(=O)Nc2cc(C(F)(F)F)ccn2)c(F)c1. The van der Waals surface area contributed by atoms with Gasteiger partial charge >= 0.3 is 12.2 Å². The molecule has 2 amide bonds. The molecule has 12 heteroatoms. The largest absolute Gasteiger partial charge is 0.416 e. The second kappa shape index (κ2) is 8.37. The summed E-state index contributed by atoms with van der Waals surface area (Å²) in [5.41, 5.74) is 7.12. The summed E-state index contributed by atoms with van der Waals surface area (Å²) in [6, 6.07) is 4.55. The number of hydrogen-bond donors (Lipinski definition) is 3. The zero-order chi connectivity index (χ0) is 23.8. The Balaban J connectivity index is 1.58. The maximum Gasteiger partial charge on any atom is 0.416 e. The lowest BCUT2D eigenvalue weighted by molar-refractivity contribution is -0.137. The van der Waals surface area contributed by atoms with Crippen molar-refractivity contribution in [3.63, 3.8) is 0 Å². The molecule has 8 nitrogen and oxygen atoms in total. The molecule has 0 fully saturated rings. The van der Waals surface area contributed by atoms with Crippen LogP contribution in [0.3, 0.4) is 0 Å². The van der Waals surface area contributed by atoms with Crippen molar-refractivity contribution in [3.8, 4) is 11.1 Å². The predicted molar refractivity (Wildman–Crippen MR) is 114 cm³/mol. The van der Waals surface area contributed by atoms with E-state index in [2.05, 4.69) is 32.6 Å². The van der Waals surface area contributed by atoms with Crippen LogP contribution in [0.15, 0.2) is 49.1 Å². The van der Waals surface area contributed by atoms with E-state index in [0.717, 1.165) is 17.8 Å². The molecule has 0 aliphatic heterocycles. The molecule has 3 aromatic heterocycles. The molecule has 4 aromatic rings. The van der Waals surface area contributed by atoms with Crippen LogP contribution in [-0.2, 0) is 12.6 Å². The number of nitrogens with two attached hydrogens (primary N) is 1. The van der Waals surface area contributed by atoms with Gasteiger partial charge in [-0.15, -0.1) is 0 Å². The smallest absolute Gasteiger partial charge is 0.382 e. The first-order valence-corrected chi connectivity index (χ1v) is 9.48. The molecule has 4 rings (SSSR count). The van der Waals surface area contributed by atoms with Crippen LogP contribution in [0.2, 0.25) is 0 Å². The van der Waals surface area contributed by atoms with Crippen LogP contribution >= 0.6 is 0 Å². The van der Waals surface area contributed by atoms with E-state index in [9.17, 15) is 22.4 Å². The maximum absolute atomic E-state index is 14.8. The number of urea groups is 1. The number of pyridine rings is 1. The van der Waals surface area contributed by atoms with Crippen molar-refractivity contribution in [3.05, 3.63) is 72.9 Å². The van der Waals surface area contributed by atoms with Gasteiger partial charge in [0.25, 0.3) is 0 Å². The number of halogens is 4. The van der Waals surface area contributed by atoms with Crippen molar-refractivity contribution in [1.29, 1.82) is 0 Å². The monoisotopic (exact) mass is 458 g/mol. The van der Waals surface area contributed by atoms with E-state index in [0.29, 0.717) is 29.1 Å². The third-order valence-electron chi connectivity index (χ3n) is 4.78. The average Bonchev–Trinajstić information content (AvgIpc) is 3.15. The highest BCUT2D eigenvalue weighted by atomic mass is 19.4. The van der Waals surface area contributed by atoms with Crippen LogP contribution in [-0.4, -0.2) is 25.6 Å². The lowest BCUT2D eigenvalue weighted by Gasteiger charge is -2.11. The molecule has 1 radical (unpaired) electrons. The molecule has 169 valence electrons. The Morgan fingerprint density at radius 2 is 1.94 bits per heavy atom. The number of nitrogens with one attached hydrogen (secondary N) is 2. The Labute approximate surface area is 184 Å². The van der Waals surface area contributed by atoms with Gasteiger partial charge in [0.1, 0.15) is 23.5 Å². The molecule has 0 spiro atoms. The zero-order valence-electron chi connectivity index (χ0n) is 16.8. The molecule has 0 aliphatic carbocycles. The van der Waals surface area contributed by atoms with Crippen LogP contribution < -0.4 is 16.4 Å². The predicted octanol–water partition coefficient (Wildman–Crippen LogP) is 4.55. The number of fused-ring (bicyclic) bond motifs is 1. The second-order valence-electron chi connectivity index (χ2n) is 6.92. The van der Waals surface area contributed by atoms with Gasteiger partial charge in [0.15, 0.2) is 5.82 Å². The van der Waals surface area contributed by atoms with E-state index in [1.165, 1.54) is 23.0 Å². The van der Waals surface area contributed by atoms with Crippen LogP contribution in [0.4, 0.5) is 39.7 Å². The van der Waals surface area contributed by atoms with E-state index in [1.807, 2.05) is 0 Å². The fourth-order valence-corrected chi connectivity index (χ4v) is 3.31. The standard InChI is InChI=1S/C21H16F4N7O/c1-2-11-9-32-18(19(26)28-10-29-32)17(11)12-3-4-15(14(22)7-12)30-20(33)31-16-8-13(5-6-27-16)21(23,24)25/h3-10H,1-2H2,(H2,26,28,29)(H2,27,30,31,33). The Morgan fingerprint density at radius 1 is 1.15 bits per heavy atom. The summed E-state index contributed by atoms with van der Waals surface area (Å²) in [6.45, 7) is 3.87. The molecule has 33 heavy (non-hydrogen) atoms. The third kappa shape index (κ3) is 4.40. The van der Waals surface area contributed by atoms with E-state index in [-0.39, 0.29) is 17.3 Å². The van der Waals surface area contributed by atoms with Gasteiger partial charge in [0, 0.05) is 18.0 Å². The van der Waals surface area contributed by atoms with Crippen molar-refractivity contribution in [1.82, 2.24) is 19.6 Å². The van der Waals surface area contributed by atoms with Crippen molar-refractivity contribution in [2.75, 3.05) is 16.4 Å². The van der Waals surface area contributed by atoms with Crippen molar-refractivity contribution >= 4 is 28.9 Å². The highest BCUT2D eigenvalue weighted by Crippen LogP contribution is 2.34. The van der Waals surface area contributed by atoms with E-state index >= 15 is 0 Å². The first-order valence-electron chi connectivity index (χ1n) is 9.48. The van der Waals surface area contributed by atoms with Gasteiger partial charge in [0.2, 0.25) is 0 Å². The van der Waals surface area contributed by atoms with Crippen molar-refractivity contribution in [2.45, 2.75) is 12.6 Å². The summed E-state index contributed by atoms with van der Waals surface area (Å²) in [6.07, 6.45) is -0.292. The summed E-state index contributed by atoms with van der Waals surface area (Å²) in [5, 5.41) is 8.50. The number of aromatic nitrogens is 4. The van der Waals surface area contributed by atoms with Crippen LogP contribution in [0.5, 0.6) is 0 Å². The highest BCUT2D eigenvalue weighted by molar-refractivity contribution is 5.99. The second-order valence-corrected chi connectivity index (χ2v) is 6.92. The summed E-state index contributed by atoms with van der Waals surface area (Å²) >= 11 is 0. The zero-order valence-corrected chi connectivity index (χ0v) is 16.8. The van der Waals surface area contributed by atoms with Gasteiger partial charge in [-0.1, -0.05) is 6.07 Å². The Bertz CT molecular complexity index is 1350. The normalized spacial score (nSPS) is 11.5. The first kappa shape index (κ1) is 22.0. The van der Waals surface area contributed by atoms with Gasteiger partial charge in [-0.2, -0.15) is 18.3 Å². The number of nitrogens with zero attached hydrogens (tertiary/aromatic N) is 4. The van der Waals surface area contributed by atoms with Crippen LogP contribution in [0.1, 0.15) is 11.1 Å². The van der Waals surface area contributed by atoms with Crippen LogP contribution in [0, 0.1) is 12.7 Å². The summed E-state index contributed by atoms with van der Waals surface area (Å²) in [7, 11) is 0. The molecule has 1 aromatic carbocycles. The van der Waals surface area contributed by atoms with E-state index in [4.69, 9.17) is 5.73 Å². The van der Waals surface area contributed by atoms with Crippen LogP contribution in [0.25, 0.3) is 16.6 Å². The van der Waals surface area contributed by atoms with E-state index < -0.39 is 23.6 Å². The Morgan fingerprint density at radius 3 is 2.64 bits per heavy atom. The molecular formula is C21H16F4N7O. The number of anilines is 3. The minimum Gasteiger partial charge on any atom is -0.382 e. The molecule has 4 N–H and O–H groups in total. The number of carbonyl (C=O) groups is 1. The molecule has 0 saturated carbocycles. The average molecular weight is 458 g/mol. The number of alkyl halides is 3. The molecule has 0 bridgehead atoms. The van der Waals surface area contributed by atoms with Crippen molar-refractivity contribution < 1.29 is 22.4 Å². The number of benzene rings is 1. The lowest BCUT2D eigenvalue weighted by atomic mass is 10.0. The van der Waals surface area contributed by atoms with Gasteiger partial charge in [-0.25, -0.2) is 23.7 Å². The minimum absolute atomic E-state index is 0.188. The Hall–Kier alpha value is -4.22. The molecule has 3 heterocycles. The molecular weight excluding hydrogens is 442 g/mol. The van der Waals surface area contributed by atoms with Gasteiger partial charge < -0.3 is 11.1 Å². The number of amides is 2.